The first kappa shape index (κ1) is 17.1. The van der Waals surface area contributed by atoms with E-state index in [1.165, 1.54) is 0 Å². The molecule has 0 unspecified atom stereocenters. The number of aryl methyl sites for hydroxylation is 1. The third-order valence-corrected chi connectivity index (χ3v) is 3.97. The van der Waals surface area contributed by atoms with Crippen molar-refractivity contribution in [3.05, 3.63) is 56.0 Å². The van der Waals surface area contributed by atoms with Crippen LogP contribution >= 0.6 is 22.6 Å². The van der Waals surface area contributed by atoms with E-state index < -0.39 is 5.56 Å². The lowest BCUT2D eigenvalue weighted by atomic mass is 10.0. The van der Waals surface area contributed by atoms with Crippen molar-refractivity contribution in [2.24, 2.45) is 0 Å². The SMILES string of the molecule is C=CCOc1c(I)cc(-c2cc(C)[nH]c(=O)c2C#N)cc1OC. The topological polar surface area (TPSA) is 75.1 Å². The van der Waals surface area contributed by atoms with Gasteiger partial charge in [0.25, 0.3) is 5.56 Å². The van der Waals surface area contributed by atoms with Gasteiger partial charge in [0.1, 0.15) is 18.2 Å². The summed E-state index contributed by atoms with van der Waals surface area (Å²) < 4.78 is 11.8. The van der Waals surface area contributed by atoms with Gasteiger partial charge in [0, 0.05) is 11.3 Å². The van der Waals surface area contributed by atoms with Crippen molar-refractivity contribution < 1.29 is 9.47 Å². The van der Waals surface area contributed by atoms with Crippen molar-refractivity contribution in [1.29, 1.82) is 5.26 Å². The van der Waals surface area contributed by atoms with E-state index in [9.17, 15) is 10.1 Å². The van der Waals surface area contributed by atoms with Crippen LogP contribution in [0.3, 0.4) is 0 Å². The second-order valence-corrected chi connectivity index (χ2v) is 5.93. The smallest absolute Gasteiger partial charge is 0.266 e. The lowest BCUT2D eigenvalue weighted by Gasteiger charge is -2.14. The molecule has 2 aromatic rings. The maximum Gasteiger partial charge on any atom is 0.266 e. The summed E-state index contributed by atoms with van der Waals surface area (Å²) in [7, 11) is 1.55. The number of nitriles is 1. The van der Waals surface area contributed by atoms with Crippen molar-refractivity contribution >= 4 is 22.6 Å². The quantitative estimate of drug-likeness (QED) is 0.592. The molecule has 0 spiro atoms. The molecule has 0 saturated heterocycles. The normalized spacial score (nSPS) is 10.0. The zero-order valence-corrected chi connectivity index (χ0v) is 14.9. The molecule has 1 heterocycles. The molecule has 2 rings (SSSR count). The number of hydrogen-bond acceptors (Lipinski definition) is 4. The number of benzene rings is 1. The summed E-state index contributed by atoms with van der Waals surface area (Å²) in [5.74, 6) is 1.15. The van der Waals surface area contributed by atoms with Crippen LogP contribution in [0.5, 0.6) is 11.5 Å². The van der Waals surface area contributed by atoms with Crippen molar-refractivity contribution in [3.8, 4) is 28.7 Å². The molecule has 118 valence electrons. The highest BCUT2D eigenvalue weighted by Crippen LogP contribution is 2.37. The summed E-state index contributed by atoms with van der Waals surface area (Å²) in [6.45, 7) is 5.76. The molecule has 5 nitrogen and oxygen atoms in total. The maximum atomic E-state index is 12.0. The lowest BCUT2D eigenvalue weighted by molar-refractivity contribution is 0.324. The largest absolute Gasteiger partial charge is 0.493 e. The van der Waals surface area contributed by atoms with Crippen molar-refractivity contribution in [3.63, 3.8) is 0 Å². The average molecular weight is 422 g/mol. The van der Waals surface area contributed by atoms with Crippen LogP contribution in [-0.4, -0.2) is 18.7 Å². The molecule has 0 atom stereocenters. The molecule has 0 radical (unpaired) electrons. The highest BCUT2D eigenvalue weighted by Gasteiger charge is 2.16. The Morgan fingerprint density at radius 1 is 1.43 bits per heavy atom. The van der Waals surface area contributed by atoms with Gasteiger partial charge in [-0.1, -0.05) is 12.7 Å². The Bertz CT molecular complexity index is 850. The number of methoxy groups -OCH3 is 1. The summed E-state index contributed by atoms with van der Waals surface area (Å²) in [6.07, 6.45) is 1.65. The first-order valence-corrected chi connectivity index (χ1v) is 7.85. The zero-order valence-electron chi connectivity index (χ0n) is 12.8. The fourth-order valence-corrected chi connectivity index (χ4v) is 2.94. The van der Waals surface area contributed by atoms with Crippen LogP contribution in [0.1, 0.15) is 11.3 Å². The summed E-state index contributed by atoms with van der Waals surface area (Å²) in [4.78, 5) is 14.6. The monoisotopic (exact) mass is 422 g/mol. The molecule has 0 aliphatic rings. The predicted molar refractivity (Wildman–Crippen MR) is 96.9 cm³/mol. The number of ether oxygens (including phenoxy) is 2. The second kappa shape index (κ2) is 7.33. The molecule has 1 N–H and O–H groups in total. The van der Waals surface area contributed by atoms with E-state index >= 15 is 0 Å². The number of halogens is 1. The second-order valence-electron chi connectivity index (χ2n) is 4.77. The molecule has 0 fully saturated rings. The molecule has 1 aromatic heterocycles. The van der Waals surface area contributed by atoms with E-state index in [1.807, 2.05) is 12.1 Å². The van der Waals surface area contributed by atoms with Crippen molar-refractivity contribution in [1.82, 2.24) is 4.98 Å². The van der Waals surface area contributed by atoms with Gasteiger partial charge in [-0.05, 0) is 53.3 Å². The molecule has 6 heteroatoms. The van der Waals surface area contributed by atoms with Gasteiger partial charge in [-0.15, -0.1) is 0 Å². The molecular weight excluding hydrogens is 407 g/mol. The van der Waals surface area contributed by atoms with Gasteiger partial charge in [0.15, 0.2) is 11.5 Å². The van der Waals surface area contributed by atoms with Gasteiger partial charge in [-0.25, -0.2) is 0 Å². The van der Waals surface area contributed by atoms with Gasteiger partial charge in [0.05, 0.1) is 10.7 Å². The molecule has 0 aliphatic heterocycles. The Balaban J connectivity index is 2.67. The fraction of sp³-hybridized carbons (Fsp3) is 0.176. The maximum absolute atomic E-state index is 12.0. The molecule has 0 aliphatic carbocycles. The third-order valence-electron chi connectivity index (χ3n) is 3.17. The number of aromatic nitrogens is 1. The third kappa shape index (κ3) is 3.56. The van der Waals surface area contributed by atoms with Crippen LogP contribution in [0, 0.1) is 21.8 Å². The van der Waals surface area contributed by atoms with Crippen LogP contribution in [0.2, 0.25) is 0 Å². The van der Waals surface area contributed by atoms with E-state index in [-0.39, 0.29) is 5.56 Å². The fourth-order valence-electron chi connectivity index (χ4n) is 2.18. The Morgan fingerprint density at radius 3 is 2.78 bits per heavy atom. The minimum Gasteiger partial charge on any atom is -0.493 e. The number of pyridine rings is 1. The van der Waals surface area contributed by atoms with Gasteiger partial charge in [-0.3, -0.25) is 4.79 Å². The Labute approximate surface area is 147 Å². The number of nitrogens with zero attached hydrogens (tertiary/aromatic N) is 1. The van der Waals surface area contributed by atoms with Crippen LogP contribution in [0.15, 0.2) is 35.6 Å². The lowest BCUT2D eigenvalue weighted by Crippen LogP contribution is -2.12. The van der Waals surface area contributed by atoms with Crippen LogP contribution in [0.25, 0.3) is 11.1 Å². The molecule has 0 saturated carbocycles. The highest BCUT2D eigenvalue weighted by atomic mass is 127. The number of hydrogen-bond donors (Lipinski definition) is 1. The molecule has 1 aromatic carbocycles. The van der Waals surface area contributed by atoms with Crippen molar-refractivity contribution in [2.75, 3.05) is 13.7 Å². The molecule has 0 bridgehead atoms. The first-order valence-electron chi connectivity index (χ1n) is 6.77. The van der Waals surface area contributed by atoms with Gasteiger partial charge in [-0.2, -0.15) is 5.26 Å². The van der Waals surface area contributed by atoms with Crippen LogP contribution in [0.4, 0.5) is 0 Å². The van der Waals surface area contributed by atoms with E-state index in [0.717, 1.165) is 9.13 Å². The number of H-pyrrole nitrogens is 1. The predicted octanol–water partition coefficient (Wildman–Crippen LogP) is 3.40. The molecule has 23 heavy (non-hydrogen) atoms. The Kier molecular flexibility index (Phi) is 5.45. The van der Waals surface area contributed by atoms with Gasteiger partial charge >= 0.3 is 0 Å². The Morgan fingerprint density at radius 2 is 2.17 bits per heavy atom. The van der Waals surface area contributed by atoms with Gasteiger partial charge in [0.2, 0.25) is 0 Å². The van der Waals surface area contributed by atoms with Gasteiger partial charge < -0.3 is 14.5 Å². The zero-order chi connectivity index (χ0) is 17.0. The van der Waals surface area contributed by atoms with Crippen LogP contribution < -0.4 is 15.0 Å². The number of aromatic amines is 1. The number of nitrogens with one attached hydrogen (secondary N) is 1. The van der Waals surface area contributed by atoms with E-state index in [1.54, 1.807) is 32.2 Å². The summed E-state index contributed by atoms with van der Waals surface area (Å²) in [5, 5.41) is 9.28. The molecular formula is C17H15IN2O3. The molecule has 0 amide bonds. The highest BCUT2D eigenvalue weighted by molar-refractivity contribution is 14.1. The first-order chi connectivity index (χ1) is 11.0. The van der Waals surface area contributed by atoms with E-state index in [4.69, 9.17) is 9.47 Å². The van der Waals surface area contributed by atoms with Crippen molar-refractivity contribution in [2.45, 2.75) is 6.92 Å². The standard InChI is InChI=1S/C17H15IN2O3/c1-4-5-23-16-14(18)7-11(8-15(16)22-3)12-6-10(2)20-17(21)13(12)9-19/h4,6-8H,1,5H2,2-3H3,(H,20,21). The minimum absolute atomic E-state index is 0.0770. The summed E-state index contributed by atoms with van der Waals surface area (Å²) in [5.41, 5.74) is 1.66. The summed E-state index contributed by atoms with van der Waals surface area (Å²) in [6, 6.07) is 7.35. The minimum atomic E-state index is -0.400. The number of rotatable bonds is 5. The van der Waals surface area contributed by atoms with E-state index in [2.05, 4.69) is 34.2 Å². The van der Waals surface area contributed by atoms with Crippen LogP contribution in [-0.2, 0) is 0 Å². The van der Waals surface area contributed by atoms with E-state index in [0.29, 0.717) is 29.4 Å². The Hall–Kier alpha value is -2.27. The average Bonchev–Trinajstić information content (AvgIpc) is 2.52. The summed E-state index contributed by atoms with van der Waals surface area (Å²) >= 11 is 2.13.